The number of rotatable bonds is 6. The first-order valence-electron chi connectivity index (χ1n) is 8.88. The Bertz CT molecular complexity index is 991. The van der Waals surface area contributed by atoms with E-state index in [4.69, 9.17) is 3.63 Å². The zero-order valence-electron chi connectivity index (χ0n) is 16.1. The number of carbonyl (C=O) groups excluding carboxylic acids is 4. The molecule has 7 nitrogen and oxygen atoms in total. The fraction of sp³-hybridized carbons (Fsp3) is 0. The van der Waals surface area contributed by atoms with E-state index in [9.17, 15) is 19.2 Å². The highest BCUT2D eigenvalue weighted by Gasteiger charge is 2.29. The van der Waals surface area contributed by atoms with Gasteiger partial charge >= 0.3 is 0 Å². The smallest absolute Gasteiger partial charge is 0.258 e. The summed E-state index contributed by atoms with van der Waals surface area (Å²) >= 11 is 1.94. The lowest BCUT2D eigenvalue weighted by atomic mass is 10.3. The predicted octanol–water partition coefficient (Wildman–Crippen LogP) is 4.08. The van der Waals surface area contributed by atoms with Crippen molar-refractivity contribution in [3.63, 3.8) is 0 Å². The molecular weight excluding hydrogens is 436 g/mol. The molecule has 4 rings (SSSR count). The molecule has 2 aromatic carbocycles. The molecular formula is C22H16N2O5S2. The molecule has 0 bridgehead atoms. The molecule has 0 saturated heterocycles. The van der Waals surface area contributed by atoms with Crippen molar-refractivity contribution in [1.29, 1.82) is 0 Å². The highest BCUT2D eigenvalue weighted by molar-refractivity contribution is 8.08. The van der Waals surface area contributed by atoms with Gasteiger partial charge in [-0.3, -0.25) is 19.2 Å². The minimum atomic E-state index is -0.417. The summed E-state index contributed by atoms with van der Waals surface area (Å²) in [6, 6.07) is 13.7. The normalized spacial score (nSPS) is 15.0. The van der Waals surface area contributed by atoms with E-state index < -0.39 is 23.6 Å². The highest BCUT2D eigenvalue weighted by atomic mass is 32.2. The summed E-state index contributed by atoms with van der Waals surface area (Å²) in [7, 11) is 0. The fourth-order valence-electron chi connectivity index (χ4n) is 2.79. The maximum absolute atomic E-state index is 12.0. The number of benzene rings is 2. The van der Waals surface area contributed by atoms with Crippen LogP contribution >= 0.6 is 24.1 Å². The van der Waals surface area contributed by atoms with E-state index in [1.165, 1.54) is 24.3 Å². The van der Waals surface area contributed by atoms with Crippen LogP contribution in [-0.4, -0.2) is 23.6 Å². The van der Waals surface area contributed by atoms with Gasteiger partial charge in [-0.05, 0) is 24.3 Å². The molecule has 0 unspecified atom stereocenters. The molecule has 0 N–H and O–H groups in total. The van der Waals surface area contributed by atoms with Gasteiger partial charge in [0.25, 0.3) is 23.6 Å². The molecule has 0 aliphatic carbocycles. The Hall–Kier alpha value is -3.40. The number of anilines is 2. The molecule has 0 spiro atoms. The lowest BCUT2D eigenvalue weighted by Gasteiger charge is -2.18. The molecule has 9 heteroatoms. The predicted molar refractivity (Wildman–Crippen MR) is 120 cm³/mol. The van der Waals surface area contributed by atoms with Crippen LogP contribution in [0, 0.1) is 0 Å². The summed E-state index contributed by atoms with van der Waals surface area (Å²) in [5.41, 5.74) is 0.834. The lowest BCUT2D eigenvalue weighted by molar-refractivity contribution is -0.121. The monoisotopic (exact) mass is 452 g/mol. The number of hydrogen-bond acceptors (Lipinski definition) is 7. The molecule has 156 valence electrons. The standard InChI is InChI=1S/C20H12N2O5S2.C2H4/c23-17-9-10-18(24)21(17)13-5-1-3-7-15(13)28-27-29-16-8-4-2-6-14(16)22-19(25)11-12-20(22)26;1-2/h1-12H;1-2H2. The summed E-state index contributed by atoms with van der Waals surface area (Å²) in [6.07, 6.45) is 4.86. The number of carbonyl (C=O) groups is 4. The van der Waals surface area contributed by atoms with Gasteiger partial charge in [-0.2, -0.15) is 0 Å². The molecule has 0 radical (unpaired) electrons. The fourth-order valence-corrected chi connectivity index (χ4v) is 4.27. The second kappa shape index (κ2) is 10.1. The topological polar surface area (TPSA) is 84.0 Å². The van der Waals surface area contributed by atoms with Gasteiger partial charge in [0, 0.05) is 48.4 Å². The van der Waals surface area contributed by atoms with Crippen LogP contribution in [0.5, 0.6) is 0 Å². The van der Waals surface area contributed by atoms with Crippen LogP contribution in [0.2, 0.25) is 0 Å². The average Bonchev–Trinajstić information content (AvgIpc) is 3.30. The Morgan fingerprint density at radius 2 is 0.903 bits per heavy atom. The first-order valence-corrected chi connectivity index (χ1v) is 10.4. The van der Waals surface area contributed by atoms with Crippen molar-refractivity contribution in [3.05, 3.63) is 86.0 Å². The van der Waals surface area contributed by atoms with Crippen LogP contribution in [0.4, 0.5) is 11.4 Å². The van der Waals surface area contributed by atoms with E-state index in [2.05, 4.69) is 13.2 Å². The SMILES string of the molecule is C=C.O=C1C=CC(=O)N1c1ccccc1SOSc1ccccc1N1C(=O)C=CC1=O. The van der Waals surface area contributed by atoms with Gasteiger partial charge in [-0.1, -0.05) is 24.3 Å². The Kier molecular flexibility index (Phi) is 7.24. The Labute approximate surface area is 187 Å². The summed E-state index contributed by atoms with van der Waals surface area (Å²) in [6.45, 7) is 6.00. The van der Waals surface area contributed by atoms with E-state index in [1.54, 1.807) is 48.5 Å². The average molecular weight is 453 g/mol. The summed E-state index contributed by atoms with van der Waals surface area (Å²) in [4.78, 5) is 51.2. The van der Waals surface area contributed by atoms with Gasteiger partial charge in [0.1, 0.15) is 0 Å². The molecule has 0 aromatic heterocycles. The van der Waals surface area contributed by atoms with Gasteiger partial charge in [0.2, 0.25) is 0 Å². The number of para-hydroxylation sites is 2. The molecule has 0 atom stereocenters. The molecule has 2 aliphatic rings. The van der Waals surface area contributed by atoms with Crippen molar-refractivity contribution in [2.45, 2.75) is 9.79 Å². The number of nitrogens with zero attached hydrogens (tertiary/aromatic N) is 2. The molecule has 31 heavy (non-hydrogen) atoms. The Morgan fingerprint density at radius 1 is 0.581 bits per heavy atom. The van der Waals surface area contributed by atoms with Crippen LogP contribution < -0.4 is 9.80 Å². The molecule has 4 amide bonds. The number of hydrogen-bond donors (Lipinski definition) is 0. The van der Waals surface area contributed by atoms with Crippen LogP contribution in [0.15, 0.2) is 95.8 Å². The third-order valence-electron chi connectivity index (χ3n) is 4.08. The van der Waals surface area contributed by atoms with Crippen molar-refractivity contribution >= 4 is 59.1 Å². The van der Waals surface area contributed by atoms with Crippen LogP contribution in [0.1, 0.15) is 0 Å². The Morgan fingerprint density at radius 3 is 1.26 bits per heavy atom. The first-order chi connectivity index (χ1) is 15.1. The largest absolute Gasteiger partial charge is 0.269 e. The number of amides is 4. The van der Waals surface area contributed by atoms with Gasteiger partial charge in [-0.25, -0.2) is 13.4 Å². The second-order valence-electron chi connectivity index (χ2n) is 5.86. The maximum atomic E-state index is 12.0. The zero-order valence-corrected chi connectivity index (χ0v) is 17.7. The quantitative estimate of drug-likeness (QED) is 0.371. The van der Waals surface area contributed by atoms with Crippen LogP contribution in [0.25, 0.3) is 0 Å². The third-order valence-corrected chi connectivity index (χ3v) is 5.67. The summed E-state index contributed by atoms with van der Waals surface area (Å²) < 4.78 is 5.64. The van der Waals surface area contributed by atoms with Crippen molar-refractivity contribution in [3.8, 4) is 0 Å². The highest BCUT2D eigenvalue weighted by Crippen LogP contribution is 2.39. The van der Waals surface area contributed by atoms with Crippen molar-refractivity contribution in [2.75, 3.05) is 9.80 Å². The van der Waals surface area contributed by atoms with Crippen molar-refractivity contribution in [2.24, 2.45) is 0 Å². The molecule has 2 heterocycles. The molecule has 2 aliphatic heterocycles. The van der Waals surface area contributed by atoms with E-state index in [-0.39, 0.29) is 0 Å². The summed E-state index contributed by atoms with van der Waals surface area (Å²) in [5, 5.41) is 0. The van der Waals surface area contributed by atoms with Crippen molar-refractivity contribution < 1.29 is 22.8 Å². The van der Waals surface area contributed by atoms with Crippen LogP contribution in [-0.2, 0) is 22.8 Å². The lowest BCUT2D eigenvalue weighted by Crippen LogP contribution is -2.30. The van der Waals surface area contributed by atoms with Gasteiger partial charge in [0.05, 0.1) is 21.2 Å². The Balaban J connectivity index is 0.00000132. The van der Waals surface area contributed by atoms with E-state index in [0.29, 0.717) is 21.2 Å². The maximum Gasteiger partial charge on any atom is 0.258 e. The second-order valence-corrected chi connectivity index (χ2v) is 7.62. The minimum Gasteiger partial charge on any atom is -0.269 e. The molecule has 2 aromatic rings. The van der Waals surface area contributed by atoms with Gasteiger partial charge in [-0.15, -0.1) is 13.2 Å². The first kappa shape index (κ1) is 22.3. The third kappa shape index (κ3) is 4.69. The van der Waals surface area contributed by atoms with Gasteiger partial charge in [0.15, 0.2) is 0 Å². The molecule has 0 fully saturated rings. The van der Waals surface area contributed by atoms with E-state index >= 15 is 0 Å². The van der Waals surface area contributed by atoms with Crippen LogP contribution in [0.3, 0.4) is 0 Å². The van der Waals surface area contributed by atoms with Crippen molar-refractivity contribution in [1.82, 2.24) is 0 Å². The van der Waals surface area contributed by atoms with E-state index in [0.717, 1.165) is 33.9 Å². The van der Waals surface area contributed by atoms with Gasteiger partial charge < -0.3 is 0 Å². The minimum absolute atomic E-state index is 0.417. The van der Waals surface area contributed by atoms with E-state index in [1.807, 2.05) is 0 Å². The zero-order chi connectivity index (χ0) is 22.4. The number of imide groups is 2. The molecule has 0 saturated carbocycles. The summed E-state index contributed by atoms with van der Waals surface area (Å²) in [5.74, 6) is -1.67.